The van der Waals surface area contributed by atoms with Crippen LogP contribution in [0.5, 0.6) is 0 Å². The van der Waals surface area contributed by atoms with Gasteiger partial charge in [-0.3, -0.25) is 0 Å². The lowest BCUT2D eigenvalue weighted by Crippen LogP contribution is -2.42. The van der Waals surface area contributed by atoms with Crippen LogP contribution in [0.25, 0.3) is 22.2 Å². The lowest BCUT2D eigenvalue weighted by molar-refractivity contribution is -0.222. The molecule has 1 aliphatic rings. The lowest BCUT2D eigenvalue weighted by atomic mass is 10.1. The number of nitrogens with one attached hydrogen (secondary N) is 2. The maximum atomic E-state index is 11.9. The first-order chi connectivity index (χ1) is 12.9. The van der Waals surface area contributed by atoms with Crippen LogP contribution in [0.15, 0.2) is 66.4 Å². The van der Waals surface area contributed by atoms with E-state index in [9.17, 15) is 9.59 Å². The van der Waals surface area contributed by atoms with E-state index in [0.29, 0.717) is 0 Å². The minimum absolute atomic E-state index is 0.172. The second kappa shape index (κ2) is 6.32. The van der Waals surface area contributed by atoms with Crippen molar-refractivity contribution in [1.29, 1.82) is 0 Å². The molecule has 1 fully saturated rings. The molecule has 2 N–H and O–H groups in total. The summed E-state index contributed by atoms with van der Waals surface area (Å²) in [6, 6.07) is 17.8. The summed E-state index contributed by atoms with van der Waals surface area (Å²) in [5, 5.41) is 4.08. The molecule has 2 heterocycles. The Bertz CT molecular complexity index is 1010. The molecule has 2 aromatic carbocycles. The number of anilines is 1. The Morgan fingerprint density at radius 2 is 1.63 bits per heavy atom. The number of carbonyl (C=O) groups excluding carboxylic acids is 2. The first kappa shape index (κ1) is 16.9. The molecule has 0 amide bonds. The summed E-state index contributed by atoms with van der Waals surface area (Å²) in [7, 11) is 0. The van der Waals surface area contributed by atoms with Crippen LogP contribution >= 0.6 is 0 Å². The molecule has 1 aliphatic heterocycles. The Morgan fingerprint density at radius 1 is 0.963 bits per heavy atom. The van der Waals surface area contributed by atoms with E-state index in [0.717, 1.165) is 27.8 Å². The topological polar surface area (TPSA) is 80.4 Å². The molecule has 0 saturated carbocycles. The van der Waals surface area contributed by atoms with Gasteiger partial charge in [-0.2, -0.15) is 0 Å². The van der Waals surface area contributed by atoms with E-state index < -0.39 is 17.7 Å². The van der Waals surface area contributed by atoms with Crippen molar-refractivity contribution in [1.82, 2.24) is 4.98 Å². The summed E-state index contributed by atoms with van der Waals surface area (Å²) >= 11 is 0. The predicted octanol–water partition coefficient (Wildman–Crippen LogP) is 3.97. The molecule has 0 bridgehead atoms. The number of rotatable bonds is 3. The monoisotopic (exact) mass is 362 g/mol. The highest BCUT2D eigenvalue weighted by molar-refractivity contribution is 6.15. The van der Waals surface area contributed by atoms with Gasteiger partial charge in [0.15, 0.2) is 5.57 Å². The molecule has 1 aromatic heterocycles. The standard InChI is InChI=1S/C21H18N2O4/c1-21(2)26-19(24)16(20(25)27-21)12-22-15-9-7-13(8-10-15)18-11-14-5-3-4-6-17(14)23-18/h3-12,22-23H,1-2H3. The molecule has 4 rings (SSSR count). The van der Waals surface area contributed by atoms with Crippen molar-refractivity contribution in [2.24, 2.45) is 0 Å². The average molecular weight is 362 g/mol. The highest BCUT2D eigenvalue weighted by Crippen LogP contribution is 2.26. The van der Waals surface area contributed by atoms with Gasteiger partial charge in [0, 0.05) is 42.3 Å². The summed E-state index contributed by atoms with van der Waals surface area (Å²) in [5.41, 5.74) is 3.68. The van der Waals surface area contributed by atoms with Crippen LogP contribution in [0.4, 0.5) is 5.69 Å². The maximum absolute atomic E-state index is 11.9. The number of para-hydroxylation sites is 1. The van der Waals surface area contributed by atoms with Crippen LogP contribution in [0.1, 0.15) is 13.8 Å². The van der Waals surface area contributed by atoms with Crippen molar-refractivity contribution in [3.63, 3.8) is 0 Å². The highest BCUT2D eigenvalue weighted by atomic mass is 16.7. The van der Waals surface area contributed by atoms with E-state index >= 15 is 0 Å². The van der Waals surface area contributed by atoms with E-state index in [-0.39, 0.29) is 5.57 Å². The summed E-state index contributed by atoms with van der Waals surface area (Å²) in [6.07, 6.45) is 1.30. The van der Waals surface area contributed by atoms with E-state index in [4.69, 9.17) is 9.47 Å². The second-order valence-corrected chi connectivity index (χ2v) is 6.73. The van der Waals surface area contributed by atoms with E-state index in [1.807, 2.05) is 42.5 Å². The van der Waals surface area contributed by atoms with E-state index in [1.54, 1.807) is 0 Å². The Hall–Kier alpha value is -3.54. The maximum Gasteiger partial charge on any atom is 0.350 e. The van der Waals surface area contributed by atoms with Crippen LogP contribution in [-0.2, 0) is 19.1 Å². The molecule has 6 heteroatoms. The van der Waals surface area contributed by atoms with Gasteiger partial charge >= 0.3 is 11.9 Å². The molecule has 0 aliphatic carbocycles. The van der Waals surface area contributed by atoms with Gasteiger partial charge in [-0.15, -0.1) is 0 Å². The van der Waals surface area contributed by atoms with Crippen LogP contribution in [0.2, 0.25) is 0 Å². The molecular formula is C21H18N2O4. The molecule has 27 heavy (non-hydrogen) atoms. The number of H-pyrrole nitrogens is 1. The smallest absolute Gasteiger partial charge is 0.350 e. The Morgan fingerprint density at radius 3 is 2.30 bits per heavy atom. The van der Waals surface area contributed by atoms with Gasteiger partial charge in [0.2, 0.25) is 0 Å². The number of cyclic esters (lactones) is 2. The first-order valence-electron chi connectivity index (χ1n) is 8.53. The third-order valence-electron chi connectivity index (χ3n) is 4.23. The molecule has 6 nitrogen and oxygen atoms in total. The van der Waals surface area contributed by atoms with Gasteiger partial charge in [-0.1, -0.05) is 30.3 Å². The fourth-order valence-corrected chi connectivity index (χ4v) is 2.91. The number of esters is 2. The zero-order chi connectivity index (χ0) is 19.0. The zero-order valence-electron chi connectivity index (χ0n) is 14.9. The molecule has 0 spiro atoms. The molecule has 0 atom stereocenters. The third-order valence-corrected chi connectivity index (χ3v) is 4.23. The summed E-state index contributed by atoms with van der Waals surface area (Å²) in [4.78, 5) is 27.2. The molecule has 0 unspecified atom stereocenters. The summed E-state index contributed by atoms with van der Waals surface area (Å²) < 4.78 is 10.1. The fourth-order valence-electron chi connectivity index (χ4n) is 2.91. The molecule has 136 valence electrons. The minimum Gasteiger partial charge on any atom is -0.419 e. The van der Waals surface area contributed by atoms with Gasteiger partial charge < -0.3 is 19.8 Å². The first-order valence-corrected chi connectivity index (χ1v) is 8.53. The molecule has 0 radical (unpaired) electrons. The Balaban J connectivity index is 1.51. The van der Waals surface area contributed by atoms with Gasteiger partial charge in [0.05, 0.1) is 0 Å². The van der Waals surface area contributed by atoms with Crippen molar-refractivity contribution < 1.29 is 19.1 Å². The van der Waals surface area contributed by atoms with E-state index in [1.165, 1.54) is 20.0 Å². The highest BCUT2D eigenvalue weighted by Gasteiger charge is 2.38. The Labute approximate surface area is 155 Å². The van der Waals surface area contributed by atoms with Gasteiger partial charge in [0.1, 0.15) is 0 Å². The minimum atomic E-state index is -1.24. The van der Waals surface area contributed by atoms with Gasteiger partial charge in [0.25, 0.3) is 5.79 Å². The van der Waals surface area contributed by atoms with Crippen molar-refractivity contribution in [2.45, 2.75) is 19.6 Å². The van der Waals surface area contributed by atoms with Crippen LogP contribution in [0.3, 0.4) is 0 Å². The number of fused-ring (bicyclic) bond motifs is 1. The van der Waals surface area contributed by atoms with Crippen LogP contribution in [-0.4, -0.2) is 22.7 Å². The number of carbonyl (C=O) groups is 2. The largest absolute Gasteiger partial charge is 0.419 e. The summed E-state index contributed by atoms with van der Waals surface area (Å²) in [6.45, 7) is 3.02. The van der Waals surface area contributed by atoms with Crippen LogP contribution < -0.4 is 5.32 Å². The second-order valence-electron chi connectivity index (χ2n) is 6.73. The number of ether oxygens (including phenoxy) is 2. The number of aromatic amines is 1. The van der Waals surface area contributed by atoms with Crippen molar-refractivity contribution in [3.8, 4) is 11.3 Å². The normalized spacial score (nSPS) is 16.0. The van der Waals surface area contributed by atoms with Crippen LogP contribution in [0, 0.1) is 0 Å². The van der Waals surface area contributed by atoms with Gasteiger partial charge in [-0.05, 0) is 29.8 Å². The fraction of sp³-hybridized carbons (Fsp3) is 0.143. The van der Waals surface area contributed by atoms with Gasteiger partial charge in [-0.25, -0.2) is 9.59 Å². The van der Waals surface area contributed by atoms with E-state index in [2.05, 4.69) is 22.4 Å². The Kier molecular flexibility index (Phi) is 3.96. The zero-order valence-corrected chi connectivity index (χ0v) is 14.9. The molecular weight excluding hydrogens is 344 g/mol. The number of benzene rings is 2. The number of aromatic nitrogens is 1. The SMILES string of the molecule is CC1(C)OC(=O)C(=CNc2ccc(-c3cc4ccccc4[nH]3)cc2)C(=O)O1. The average Bonchev–Trinajstić information content (AvgIpc) is 3.04. The third kappa shape index (κ3) is 3.42. The lowest BCUT2D eigenvalue weighted by Gasteiger charge is -2.29. The van der Waals surface area contributed by atoms with Crippen molar-refractivity contribution in [2.75, 3.05) is 5.32 Å². The number of hydrogen-bond acceptors (Lipinski definition) is 5. The summed E-state index contributed by atoms with van der Waals surface area (Å²) in [5.74, 6) is -2.66. The number of hydrogen-bond donors (Lipinski definition) is 2. The van der Waals surface area contributed by atoms with Crippen molar-refractivity contribution >= 4 is 28.5 Å². The molecule has 3 aromatic rings. The molecule has 1 saturated heterocycles. The van der Waals surface area contributed by atoms with Crippen molar-refractivity contribution in [3.05, 3.63) is 66.4 Å². The quantitative estimate of drug-likeness (QED) is 0.419. The predicted molar refractivity (Wildman–Crippen MR) is 102 cm³/mol.